The number of fused-ring (bicyclic) bond motifs is 1. The molecule has 0 radical (unpaired) electrons. The first-order valence-electron chi connectivity index (χ1n) is 7.86. The lowest BCUT2D eigenvalue weighted by Crippen LogP contribution is -2.27. The van der Waals surface area contributed by atoms with E-state index in [0.29, 0.717) is 5.69 Å². The van der Waals surface area contributed by atoms with Gasteiger partial charge < -0.3 is 10.1 Å². The second kappa shape index (κ2) is 7.74. The Morgan fingerprint density at radius 2 is 1.96 bits per heavy atom. The second-order valence-electron chi connectivity index (χ2n) is 5.55. The zero-order valence-corrected chi connectivity index (χ0v) is 15.0. The van der Waals surface area contributed by atoms with Crippen LogP contribution in [0.2, 0.25) is 0 Å². The SMILES string of the molecule is CSc1nc(C(=O)NC(C)c2ccc(OC(F)F)cc2)c2ccccn12. The number of rotatable bonds is 6. The molecular formula is C18H17F2N3O2S. The highest BCUT2D eigenvalue weighted by atomic mass is 32.2. The van der Waals surface area contributed by atoms with Crippen molar-refractivity contribution in [1.82, 2.24) is 14.7 Å². The third kappa shape index (κ3) is 3.80. The van der Waals surface area contributed by atoms with E-state index in [1.165, 1.54) is 23.9 Å². The van der Waals surface area contributed by atoms with Crippen LogP contribution in [-0.2, 0) is 0 Å². The number of benzene rings is 1. The Kier molecular flexibility index (Phi) is 5.41. The van der Waals surface area contributed by atoms with Gasteiger partial charge in [-0.1, -0.05) is 30.0 Å². The molecule has 2 aromatic heterocycles. The fraction of sp³-hybridized carbons (Fsp3) is 0.222. The predicted molar refractivity (Wildman–Crippen MR) is 95.9 cm³/mol. The molecule has 0 aliphatic rings. The lowest BCUT2D eigenvalue weighted by Gasteiger charge is -2.14. The molecule has 1 aromatic carbocycles. The molecule has 1 atom stereocenters. The number of nitrogens with one attached hydrogen (secondary N) is 1. The maximum atomic E-state index is 12.7. The molecule has 2 heterocycles. The lowest BCUT2D eigenvalue weighted by atomic mass is 10.1. The van der Waals surface area contributed by atoms with Gasteiger partial charge in [0.15, 0.2) is 10.9 Å². The number of thioether (sulfide) groups is 1. The van der Waals surface area contributed by atoms with Gasteiger partial charge in [0.05, 0.1) is 11.6 Å². The number of pyridine rings is 1. The van der Waals surface area contributed by atoms with Crippen LogP contribution in [0.3, 0.4) is 0 Å². The molecule has 0 aliphatic heterocycles. The molecule has 0 saturated heterocycles. The third-order valence-electron chi connectivity index (χ3n) is 3.87. The number of imidazole rings is 1. The number of hydrogen-bond donors (Lipinski definition) is 1. The van der Waals surface area contributed by atoms with Gasteiger partial charge in [-0.15, -0.1) is 0 Å². The summed E-state index contributed by atoms with van der Waals surface area (Å²) in [5, 5.41) is 3.62. The third-order valence-corrected chi connectivity index (χ3v) is 4.52. The van der Waals surface area contributed by atoms with Crippen LogP contribution in [-0.4, -0.2) is 28.2 Å². The number of carbonyl (C=O) groups excluding carboxylic acids is 1. The molecule has 136 valence electrons. The summed E-state index contributed by atoms with van der Waals surface area (Å²) in [6, 6.07) is 11.4. The molecule has 0 bridgehead atoms. The monoisotopic (exact) mass is 377 g/mol. The molecule has 3 aromatic rings. The van der Waals surface area contributed by atoms with E-state index in [9.17, 15) is 13.6 Å². The minimum Gasteiger partial charge on any atom is -0.435 e. The zero-order valence-electron chi connectivity index (χ0n) is 14.1. The van der Waals surface area contributed by atoms with Crippen molar-refractivity contribution in [2.75, 3.05) is 6.26 Å². The van der Waals surface area contributed by atoms with Crippen LogP contribution in [0.25, 0.3) is 5.52 Å². The van der Waals surface area contributed by atoms with Crippen molar-refractivity contribution in [2.24, 2.45) is 0 Å². The topological polar surface area (TPSA) is 55.6 Å². The summed E-state index contributed by atoms with van der Waals surface area (Å²) >= 11 is 1.45. The average Bonchev–Trinajstić information content (AvgIpc) is 3.00. The summed E-state index contributed by atoms with van der Waals surface area (Å²) in [5.41, 5.74) is 1.84. The highest BCUT2D eigenvalue weighted by Gasteiger charge is 2.19. The number of hydrogen-bond acceptors (Lipinski definition) is 4. The second-order valence-corrected chi connectivity index (χ2v) is 6.32. The van der Waals surface area contributed by atoms with Crippen LogP contribution in [0, 0.1) is 0 Å². The summed E-state index contributed by atoms with van der Waals surface area (Å²) < 4.78 is 30.6. The van der Waals surface area contributed by atoms with Crippen molar-refractivity contribution in [2.45, 2.75) is 24.7 Å². The first-order chi connectivity index (χ1) is 12.5. The highest BCUT2D eigenvalue weighted by Crippen LogP contribution is 2.22. The minimum absolute atomic E-state index is 0.0759. The number of alkyl halides is 2. The van der Waals surface area contributed by atoms with Gasteiger partial charge >= 0.3 is 6.61 Å². The Morgan fingerprint density at radius 3 is 2.62 bits per heavy atom. The number of nitrogens with zero attached hydrogens (tertiary/aromatic N) is 2. The molecule has 0 saturated carbocycles. The van der Waals surface area contributed by atoms with E-state index in [1.807, 2.05) is 42.0 Å². The predicted octanol–water partition coefficient (Wildman–Crippen LogP) is 4.15. The molecule has 0 spiro atoms. The van der Waals surface area contributed by atoms with Gasteiger partial charge in [-0.25, -0.2) is 4.98 Å². The van der Waals surface area contributed by atoms with Crippen molar-refractivity contribution in [3.8, 4) is 5.75 Å². The summed E-state index contributed by atoms with van der Waals surface area (Å²) in [5.74, 6) is -0.221. The first kappa shape index (κ1) is 18.2. The summed E-state index contributed by atoms with van der Waals surface area (Å²) in [7, 11) is 0. The van der Waals surface area contributed by atoms with Crippen LogP contribution >= 0.6 is 11.8 Å². The van der Waals surface area contributed by atoms with E-state index in [-0.39, 0.29) is 17.7 Å². The zero-order chi connectivity index (χ0) is 18.7. The molecule has 5 nitrogen and oxygen atoms in total. The molecule has 0 aliphatic carbocycles. The van der Waals surface area contributed by atoms with E-state index in [1.54, 1.807) is 12.1 Å². The Hall–Kier alpha value is -2.61. The fourth-order valence-corrected chi connectivity index (χ4v) is 3.15. The number of carbonyl (C=O) groups is 1. The minimum atomic E-state index is -2.86. The van der Waals surface area contributed by atoms with Crippen LogP contribution in [0.4, 0.5) is 8.78 Å². The van der Waals surface area contributed by atoms with E-state index in [4.69, 9.17) is 0 Å². The van der Waals surface area contributed by atoms with Gasteiger partial charge in [-0.2, -0.15) is 8.78 Å². The van der Waals surface area contributed by atoms with Crippen LogP contribution < -0.4 is 10.1 Å². The van der Waals surface area contributed by atoms with E-state index < -0.39 is 6.61 Å². The Balaban J connectivity index is 1.77. The van der Waals surface area contributed by atoms with Gasteiger partial charge in [-0.3, -0.25) is 9.20 Å². The van der Waals surface area contributed by atoms with Gasteiger partial charge in [-0.05, 0) is 43.0 Å². The summed E-state index contributed by atoms with van der Waals surface area (Å²) in [6.07, 6.45) is 3.76. The maximum absolute atomic E-state index is 12.7. The van der Waals surface area contributed by atoms with Crippen LogP contribution in [0.1, 0.15) is 29.0 Å². The van der Waals surface area contributed by atoms with E-state index in [2.05, 4.69) is 15.0 Å². The Labute approximate surface area is 153 Å². The van der Waals surface area contributed by atoms with Crippen LogP contribution in [0.15, 0.2) is 53.8 Å². The van der Waals surface area contributed by atoms with Crippen molar-refractivity contribution < 1.29 is 18.3 Å². The van der Waals surface area contributed by atoms with E-state index in [0.717, 1.165) is 16.2 Å². The van der Waals surface area contributed by atoms with Gasteiger partial charge in [0.1, 0.15) is 5.75 Å². The van der Waals surface area contributed by atoms with Crippen molar-refractivity contribution in [1.29, 1.82) is 0 Å². The Morgan fingerprint density at radius 1 is 1.23 bits per heavy atom. The summed E-state index contributed by atoms with van der Waals surface area (Å²) in [4.78, 5) is 17.1. The van der Waals surface area contributed by atoms with Gasteiger partial charge in [0, 0.05) is 6.20 Å². The molecule has 26 heavy (non-hydrogen) atoms. The fourth-order valence-electron chi connectivity index (χ4n) is 2.61. The maximum Gasteiger partial charge on any atom is 0.387 e. The molecule has 0 fully saturated rings. The van der Waals surface area contributed by atoms with Gasteiger partial charge in [0.2, 0.25) is 0 Å². The highest BCUT2D eigenvalue weighted by molar-refractivity contribution is 7.98. The quantitative estimate of drug-likeness (QED) is 0.656. The van der Waals surface area contributed by atoms with Gasteiger partial charge in [0.25, 0.3) is 5.91 Å². The van der Waals surface area contributed by atoms with E-state index >= 15 is 0 Å². The largest absolute Gasteiger partial charge is 0.435 e. The number of ether oxygens (including phenoxy) is 1. The summed E-state index contributed by atoms with van der Waals surface area (Å²) in [6.45, 7) is -1.05. The Bertz CT molecular complexity index is 912. The molecular weight excluding hydrogens is 360 g/mol. The molecule has 1 unspecified atom stereocenters. The molecule has 3 rings (SSSR count). The first-order valence-corrected chi connectivity index (χ1v) is 9.08. The lowest BCUT2D eigenvalue weighted by molar-refractivity contribution is -0.0498. The smallest absolute Gasteiger partial charge is 0.387 e. The van der Waals surface area contributed by atoms with Crippen molar-refractivity contribution >= 4 is 23.2 Å². The molecule has 1 amide bonds. The normalized spacial score (nSPS) is 12.3. The average molecular weight is 377 g/mol. The molecule has 8 heteroatoms. The van der Waals surface area contributed by atoms with Crippen LogP contribution in [0.5, 0.6) is 5.75 Å². The number of amides is 1. The molecule has 1 N–H and O–H groups in total. The standard InChI is InChI=1S/C18H17F2N3O2S/c1-11(12-6-8-13(9-7-12)25-17(19)20)21-16(24)15-14-5-3-4-10-23(14)18(22-15)26-2/h3-11,17H,1-2H3,(H,21,24). The van der Waals surface area contributed by atoms with Crippen molar-refractivity contribution in [3.63, 3.8) is 0 Å². The number of halogens is 2. The van der Waals surface area contributed by atoms with Crippen molar-refractivity contribution in [3.05, 3.63) is 59.9 Å². The number of aromatic nitrogens is 2.